The molecular formula is C30H18Li2N2. The number of H-pyrrole nitrogens is 2. The molecule has 34 heavy (non-hydrogen) atoms. The standard InChI is InChI=1S/C30H18N2.2Li/c1-2-10-20(24-14-8-16-26-22-12-4-6-18-28(22)32-30(24)26)19(9-1)23-13-7-15-25-21-11-3-5-17-27(21)31-29(23)25;;/h3-18,31-32H;;. The summed E-state index contributed by atoms with van der Waals surface area (Å²) in [5.74, 6) is 0. The summed E-state index contributed by atoms with van der Waals surface area (Å²) in [6.07, 6.45) is 0. The molecule has 2 nitrogen and oxygen atoms in total. The predicted molar refractivity (Wildman–Crippen MR) is 147 cm³/mol. The minimum atomic E-state index is 1.17. The summed E-state index contributed by atoms with van der Waals surface area (Å²) in [6.45, 7) is 0. The second-order valence-corrected chi connectivity index (χ2v) is 9.28. The van der Waals surface area contributed by atoms with Crippen LogP contribution in [0.3, 0.4) is 0 Å². The van der Waals surface area contributed by atoms with Crippen molar-refractivity contribution in [2.75, 3.05) is 0 Å². The van der Waals surface area contributed by atoms with Gasteiger partial charge in [-0.2, -0.15) is 0 Å². The summed E-state index contributed by atoms with van der Waals surface area (Å²) in [6, 6.07) is 35.1. The Kier molecular flexibility index (Phi) is 4.60. The second kappa shape index (κ2) is 7.71. The molecule has 0 bridgehead atoms. The van der Waals surface area contributed by atoms with Gasteiger partial charge >= 0.3 is 217 Å². The van der Waals surface area contributed by atoms with E-state index < -0.39 is 0 Å². The van der Waals surface area contributed by atoms with Crippen molar-refractivity contribution in [1.29, 1.82) is 0 Å². The van der Waals surface area contributed by atoms with E-state index in [1.165, 1.54) is 74.3 Å². The van der Waals surface area contributed by atoms with Crippen molar-refractivity contribution < 1.29 is 0 Å². The summed E-state index contributed by atoms with van der Waals surface area (Å²) in [5, 5.41) is 5.06. The van der Waals surface area contributed by atoms with E-state index in [0.29, 0.717) is 0 Å². The molecule has 2 heterocycles. The molecule has 0 spiro atoms. The van der Waals surface area contributed by atoms with Gasteiger partial charge in [-0.15, -0.1) is 0 Å². The summed E-state index contributed by atoms with van der Waals surface area (Å²) in [4.78, 5) is 7.42. The van der Waals surface area contributed by atoms with Crippen molar-refractivity contribution in [3.05, 3.63) is 97.1 Å². The van der Waals surface area contributed by atoms with Gasteiger partial charge < -0.3 is 0 Å². The van der Waals surface area contributed by atoms with Crippen LogP contribution in [0.25, 0.3) is 65.9 Å². The third kappa shape index (κ3) is 2.98. The molecule has 7 aromatic rings. The fourth-order valence-electron chi connectivity index (χ4n) is 5.46. The van der Waals surface area contributed by atoms with Gasteiger partial charge in [0.15, 0.2) is 0 Å². The van der Waals surface area contributed by atoms with E-state index in [4.69, 9.17) is 0 Å². The Morgan fingerprint density at radius 3 is 1.29 bits per heavy atom. The van der Waals surface area contributed by atoms with Gasteiger partial charge in [-0.05, 0) is 0 Å². The van der Waals surface area contributed by atoms with Gasteiger partial charge in [-0.25, -0.2) is 0 Å². The molecule has 5 aromatic carbocycles. The van der Waals surface area contributed by atoms with Crippen LogP contribution in [-0.4, -0.2) is 45.4 Å². The zero-order valence-corrected chi connectivity index (χ0v) is 19.2. The van der Waals surface area contributed by atoms with Crippen LogP contribution in [0.2, 0.25) is 0 Å². The zero-order chi connectivity index (χ0) is 22.8. The number of nitrogens with one attached hydrogen (secondary N) is 2. The number of fused-ring (bicyclic) bond motifs is 6. The molecule has 0 atom stereocenters. The molecule has 0 aliphatic carbocycles. The third-order valence-electron chi connectivity index (χ3n) is 7.30. The van der Waals surface area contributed by atoms with Gasteiger partial charge in [-0.1, -0.05) is 0 Å². The van der Waals surface area contributed by atoms with Crippen LogP contribution in [0.15, 0.2) is 97.1 Å². The van der Waals surface area contributed by atoms with Gasteiger partial charge in [0, 0.05) is 0 Å². The van der Waals surface area contributed by atoms with E-state index >= 15 is 0 Å². The Bertz CT molecular complexity index is 1750. The van der Waals surface area contributed by atoms with Crippen LogP contribution in [0.1, 0.15) is 0 Å². The molecule has 150 valence electrons. The van der Waals surface area contributed by atoms with Gasteiger partial charge in [0.25, 0.3) is 0 Å². The SMILES string of the molecule is [Li][c]1cc(-c2cccc3c2[nH]c2ccccc23)c(-c2cccc3c2[nH]c2ccccc23)c[c]1[Li]. The van der Waals surface area contributed by atoms with E-state index in [0.717, 1.165) is 0 Å². The van der Waals surface area contributed by atoms with E-state index in [-0.39, 0.29) is 0 Å². The Balaban J connectivity index is 1.58. The summed E-state index contributed by atoms with van der Waals surface area (Å²) in [5.41, 5.74) is 9.72. The van der Waals surface area contributed by atoms with Crippen molar-refractivity contribution in [3.63, 3.8) is 0 Å². The molecule has 7 rings (SSSR count). The number of hydrogen-bond acceptors (Lipinski definition) is 0. The molecule has 4 heteroatoms. The van der Waals surface area contributed by atoms with Crippen molar-refractivity contribution in [3.8, 4) is 22.3 Å². The normalized spacial score (nSPS) is 11.9. The Morgan fingerprint density at radius 1 is 0.412 bits per heavy atom. The molecule has 0 saturated carbocycles. The molecule has 0 aliphatic heterocycles. The first-order valence-electron chi connectivity index (χ1n) is 11.8. The molecule has 0 unspecified atom stereocenters. The first-order valence-corrected chi connectivity index (χ1v) is 11.8. The molecule has 0 amide bonds. The van der Waals surface area contributed by atoms with Crippen LogP contribution in [0.4, 0.5) is 0 Å². The zero-order valence-electron chi connectivity index (χ0n) is 19.2. The van der Waals surface area contributed by atoms with Crippen molar-refractivity contribution >= 4 is 87.5 Å². The number of hydrogen-bond donors (Lipinski definition) is 2. The van der Waals surface area contributed by atoms with Gasteiger partial charge in [-0.3, -0.25) is 0 Å². The first-order chi connectivity index (χ1) is 16.7. The molecule has 0 radical (unpaired) electrons. The predicted octanol–water partition coefficient (Wildman–Crippen LogP) is 5.88. The van der Waals surface area contributed by atoms with Gasteiger partial charge in [0.1, 0.15) is 0 Å². The Morgan fingerprint density at radius 2 is 0.824 bits per heavy atom. The molecule has 0 fully saturated rings. The van der Waals surface area contributed by atoms with Crippen LogP contribution in [0.5, 0.6) is 0 Å². The molecular weight excluding hydrogens is 402 g/mol. The van der Waals surface area contributed by atoms with E-state index in [1.54, 1.807) is 0 Å². The van der Waals surface area contributed by atoms with Crippen LogP contribution in [-0.2, 0) is 0 Å². The van der Waals surface area contributed by atoms with Crippen LogP contribution >= 0.6 is 0 Å². The third-order valence-corrected chi connectivity index (χ3v) is 7.30. The number of para-hydroxylation sites is 4. The maximum absolute atomic E-state index is 3.71. The van der Waals surface area contributed by atoms with Crippen molar-refractivity contribution in [2.24, 2.45) is 0 Å². The number of aromatic amines is 2. The average molecular weight is 420 g/mol. The van der Waals surface area contributed by atoms with Crippen molar-refractivity contribution in [1.82, 2.24) is 9.97 Å². The summed E-state index contributed by atoms with van der Waals surface area (Å²) >= 11 is 4.41. The van der Waals surface area contributed by atoms with Crippen LogP contribution in [0, 0.1) is 0 Å². The molecule has 2 aromatic heterocycles. The fourth-order valence-corrected chi connectivity index (χ4v) is 5.46. The van der Waals surface area contributed by atoms with E-state index in [2.05, 4.69) is 142 Å². The van der Waals surface area contributed by atoms with Gasteiger partial charge in [0.05, 0.1) is 0 Å². The second-order valence-electron chi connectivity index (χ2n) is 9.28. The number of rotatable bonds is 2. The topological polar surface area (TPSA) is 31.6 Å². The minimum absolute atomic E-state index is 1.17. The molecule has 0 saturated heterocycles. The van der Waals surface area contributed by atoms with Gasteiger partial charge in [0.2, 0.25) is 0 Å². The fraction of sp³-hybridized carbons (Fsp3) is 0. The monoisotopic (exact) mass is 420 g/mol. The maximum atomic E-state index is 3.71. The van der Waals surface area contributed by atoms with Crippen molar-refractivity contribution in [2.45, 2.75) is 0 Å². The molecule has 2 N–H and O–H groups in total. The van der Waals surface area contributed by atoms with E-state index in [1.807, 2.05) is 0 Å². The van der Waals surface area contributed by atoms with Crippen LogP contribution < -0.4 is 8.47 Å². The van der Waals surface area contributed by atoms with E-state index in [9.17, 15) is 0 Å². The first kappa shape index (κ1) is 20.3. The quantitative estimate of drug-likeness (QED) is 0.328. The number of benzene rings is 5. The Labute approximate surface area is 215 Å². The molecule has 0 aliphatic rings. The average Bonchev–Trinajstić information content (AvgIpc) is 3.44. The summed E-state index contributed by atoms with van der Waals surface area (Å²) in [7, 11) is 0. The summed E-state index contributed by atoms with van der Waals surface area (Å²) < 4.78 is 2.60. The number of aromatic nitrogens is 2. The Hall–Kier alpha value is -3.11.